The lowest BCUT2D eigenvalue weighted by Crippen LogP contribution is -2.54. The number of likely N-dealkylation sites (tertiary alicyclic amines) is 1. The van der Waals surface area contributed by atoms with E-state index in [-0.39, 0.29) is 66.4 Å². The van der Waals surface area contributed by atoms with Gasteiger partial charge in [0.2, 0.25) is 5.91 Å². The molecule has 2 heterocycles. The molecule has 2 atom stereocenters. The Kier molecular flexibility index (Phi) is 17.1. The van der Waals surface area contributed by atoms with Crippen molar-refractivity contribution in [1.29, 1.82) is 0 Å². The summed E-state index contributed by atoms with van der Waals surface area (Å²) in [5.74, 6) is -3.63. The van der Waals surface area contributed by atoms with Crippen molar-refractivity contribution in [3.05, 3.63) is 116 Å². The van der Waals surface area contributed by atoms with Crippen LogP contribution in [0.5, 0.6) is 0 Å². The van der Waals surface area contributed by atoms with Gasteiger partial charge in [-0.3, -0.25) is 9.59 Å². The number of halogens is 8. The van der Waals surface area contributed by atoms with Gasteiger partial charge in [-0.05, 0) is 98.6 Å². The fraction of sp³-hybridized carbons (Fsp3) is 0.467. The van der Waals surface area contributed by atoms with Crippen LogP contribution in [0.25, 0.3) is 0 Å². The van der Waals surface area contributed by atoms with E-state index in [0.717, 1.165) is 12.8 Å². The van der Waals surface area contributed by atoms with E-state index in [2.05, 4.69) is 17.0 Å². The van der Waals surface area contributed by atoms with Crippen molar-refractivity contribution >= 4 is 47.0 Å². The summed E-state index contributed by atoms with van der Waals surface area (Å²) >= 11 is 12.7. The molecule has 2 aliphatic heterocycles. The van der Waals surface area contributed by atoms with Gasteiger partial charge in [-0.1, -0.05) is 53.5 Å². The average Bonchev–Trinajstić information content (AvgIpc) is 3.56. The Morgan fingerprint density at radius 3 is 2.09 bits per heavy atom. The fourth-order valence-corrected chi connectivity index (χ4v) is 8.85. The molecule has 0 saturated carbocycles. The number of carbonyl (C=O) groups excluding carboxylic acids is 2. The lowest BCUT2D eigenvalue weighted by atomic mass is 9.72. The van der Waals surface area contributed by atoms with E-state index in [1.165, 1.54) is 16.0 Å². The number of hydrogen-bond donors (Lipinski definition) is 3. The minimum absolute atomic E-state index is 0.00191. The zero-order valence-corrected chi connectivity index (χ0v) is 36.8. The van der Waals surface area contributed by atoms with Gasteiger partial charge in [0, 0.05) is 56.4 Å². The third kappa shape index (κ3) is 13.0. The predicted molar refractivity (Wildman–Crippen MR) is 227 cm³/mol. The second-order valence-electron chi connectivity index (χ2n) is 16.2. The normalized spacial score (nSPS) is 19.7. The number of benzene rings is 3. The number of piperidine rings is 1. The zero-order chi connectivity index (χ0) is 47.7. The first-order valence-corrected chi connectivity index (χ1v) is 21.4. The van der Waals surface area contributed by atoms with Crippen molar-refractivity contribution in [2.45, 2.75) is 68.0 Å². The number of likely N-dealkylation sites (N-methyl/N-ethyl adjacent to an activating group) is 1. The maximum Gasteiger partial charge on any atom is 0.416 e. The van der Waals surface area contributed by atoms with Gasteiger partial charge in [-0.15, -0.1) is 0 Å². The number of alkyl halides is 6. The number of rotatable bonds is 14. The van der Waals surface area contributed by atoms with Crippen molar-refractivity contribution in [3.63, 3.8) is 0 Å². The van der Waals surface area contributed by atoms with Crippen LogP contribution in [0.4, 0.5) is 26.3 Å². The van der Waals surface area contributed by atoms with E-state index < -0.39 is 52.5 Å². The van der Waals surface area contributed by atoms with Crippen LogP contribution in [0.1, 0.15) is 70.3 Å². The molecule has 2 amide bonds. The van der Waals surface area contributed by atoms with Crippen LogP contribution in [0.15, 0.2) is 72.8 Å². The maximum atomic E-state index is 13.8. The van der Waals surface area contributed by atoms with Gasteiger partial charge in [0.05, 0.1) is 40.4 Å². The number of aliphatic hydroxyl groups excluding tert-OH is 1. The monoisotopic (exact) mass is 959 g/mol. The van der Waals surface area contributed by atoms with Crippen LogP contribution in [-0.2, 0) is 53.6 Å². The van der Waals surface area contributed by atoms with E-state index in [0.29, 0.717) is 81.7 Å². The number of carboxylic acids is 2. The molecular formula is C45H49Cl2F6N3O9. The topological polar surface area (TPSA) is 157 Å². The maximum absolute atomic E-state index is 13.8. The molecule has 354 valence electrons. The Hall–Kier alpha value is -4.72. The summed E-state index contributed by atoms with van der Waals surface area (Å²) in [7, 11) is 1.73. The molecule has 0 bridgehead atoms. The number of ether oxygens (including phenoxy) is 2. The molecule has 20 heteroatoms. The second kappa shape index (κ2) is 21.7. The number of carboxylic acid groups (broad SMARTS) is 2. The van der Waals surface area contributed by atoms with Crippen molar-refractivity contribution in [2.75, 3.05) is 66.1 Å². The predicted octanol–water partition coefficient (Wildman–Crippen LogP) is 7.71. The quantitative estimate of drug-likeness (QED) is 0.0831. The molecule has 0 aromatic heterocycles. The van der Waals surface area contributed by atoms with Crippen LogP contribution < -0.4 is 0 Å². The Balaban J connectivity index is 0.000000905. The number of morpholine rings is 1. The van der Waals surface area contributed by atoms with Crippen molar-refractivity contribution < 1.29 is 70.3 Å². The first-order chi connectivity index (χ1) is 30.6. The van der Waals surface area contributed by atoms with Crippen LogP contribution in [0, 0.1) is 0 Å². The second-order valence-corrected chi connectivity index (χ2v) is 17.0. The number of aliphatic hydroxyl groups is 1. The fourth-order valence-electron chi connectivity index (χ4n) is 8.56. The van der Waals surface area contributed by atoms with Gasteiger partial charge >= 0.3 is 24.3 Å². The molecule has 1 aliphatic carbocycles. The number of fused-ring (bicyclic) bond motifs is 2. The molecule has 3 aliphatic rings. The number of aliphatic carboxylic acids is 2. The van der Waals surface area contributed by atoms with Gasteiger partial charge in [-0.25, -0.2) is 9.59 Å². The lowest BCUT2D eigenvalue weighted by molar-refractivity contribution is -0.143. The highest BCUT2D eigenvalue weighted by molar-refractivity contribution is 6.42. The Morgan fingerprint density at radius 1 is 0.877 bits per heavy atom. The molecule has 3 N–H and O–H groups in total. The molecule has 0 radical (unpaired) electrons. The third-order valence-corrected chi connectivity index (χ3v) is 12.8. The summed E-state index contributed by atoms with van der Waals surface area (Å²) in [4.78, 5) is 51.0. The minimum atomic E-state index is -5.11. The highest BCUT2D eigenvalue weighted by Gasteiger charge is 2.50. The summed E-state index contributed by atoms with van der Waals surface area (Å²) in [5.41, 5.74) is -2.47. The molecule has 12 nitrogen and oxygen atoms in total. The van der Waals surface area contributed by atoms with Crippen LogP contribution in [0.3, 0.4) is 0 Å². The minimum Gasteiger partial charge on any atom is -0.478 e. The third-order valence-electron chi connectivity index (χ3n) is 12.0. The lowest BCUT2D eigenvalue weighted by Gasteiger charge is -2.46. The number of amides is 2. The standard InChI is InChI=1S/C41H45Cl2F6N3O5.C4H4O4/c1-50(13-4-5-18-53)36(54)25-56-35-22-27-6-2-3-7-32(27)38(35)10-14-51(15-11-38)16-12-39(29-8-9-33(42)34(43)24-29)26-52(17-19-57-39)37(55)28-20-30(40(44,45)46)23-31(21-28)41(47,48)49;5-3(6)1-2-4(7)8/h2-3,6-9,20-21,23-24,35,53H,4-5,10-19,22,25-26H2,1H3;1-2H,(H,5,6)(H,7,8)/b;2-1-/t35-,39-;/m0./s1. The van der Waals surface area contributed by atoms with E-state index in [1.54, 1.807) is 30.1 Å². The summed E-state index contributed by atoms with van der Waals surface area (Å²) in [5, 5.41) is 25.2. The van der Waals surface area contributed by atoms with Crippen molar-refractivity contribution in [1.82, 2.24) is 14.7 Å². The number of unbranched alkanes of at least 4 members (excludes halogenated alkanes) is 1. The first-order valence-electron chi connectivity index (χ1n) is 20.7. The molecule has 2 fully saturated rings. The van der Waals surface area contributed by atoms with Gasteiger partial charge in [0.1, 0.15) is 12.2 Å². The molecule has 0 unspecified atom stereocenters. The number of hydrogen-bond acceptors (Lipinski definition) is 8. The summed E-state index contributed by atoms with van der Waals surface area (Å²) in [6.45, 7) is 2.07. The van der Waals surface area contributed by atoms with Crippen molar-refractivity contribution in [3.8, 4) is 0 Å². The number of nitrogens with zero attached hydrogens (tertiary/aromatic N) is 3. The SMILES string of the molecule is CN(CCCCO)C(=O)CO[C@H]1Cc2ccccc2C12CCN(CC[C@@]1(c3ccc(Cl)c(Cl)c3)CN(C(=O)c3cc(C(F)(F)F)cc(C(F)(F)F)c3)CCO1)CC2.O=C(O)/C=C\C(=O)O. The summed E-state index contributed by atoms with van der Waals surface area (Å²) in [6.07, 6.45) is -5.57. The van der Waals surface area contributed by atoms with E-state index >= 15 is 0 Å². The van der Waals surface area contributed by atoms with Gasteiger partial charge in [0.25, 0.3) is 5.91 Å². The molecule has 65 heavy (non-hydrogen) atoms. The highest BCUT2D eigenvalue weighted by atomic mass is 35.5. The molecule has 6 rings (SSSR count). The van der Waals surface area contributed by atoms with Crippen LogP contribution >= 0.6 is 23.2 Å². The smallest absolute Gasteiger partial charge is 0.416 e. The average molecular weight is 961 g/mol. The Labute approximate surface area is 381 Å². The molecule has 2 saturated heterocycles. The molecule has 1 spiro atoms. The first kappa shape index (κ1) is 51.3. The molecule has 3 aromatic rings. The van der Waals surface area contributed by atoms with Gasteiger partial charge in [0.15, 0.2) is 0 Å². The van der Waals surface area contributed by atoms with Crippen LogP contribution in [-0.4, -0.2) is 126 Å². The Morgan fingerprint density at radius 2 is 1.51 bits per heavy atom. The summed E-state index contributed by atoms with van der Waals surface area (Å²) < 4.78 is 95.1. The van der Waals surface area contributed by atoms with E-state index in [9.17, 15) is 45.5 Å². The molecular weight excluding hydrogens is 911 g/mol. The number of carbonyl (C=O) groups is 4. The Bertz CT molecular complexity index is 2170. The van der Waals surface area contributed by atoms with Crippen molar-refractivity contribution in [2.24, 2.45) is 0 Å². The zero-order valence-electron chi connectivity index (χ0n) is 35.3. The molecule has 3 aromatic carbocycles. The van der Waals surface area contributed by atoms with Gasteiger partial charge < -0.3 is 39.5 Å². The van der Waals surface area contributed by atoms with Gasteiger partial charge in [-0.2, -0.15) is 26.3 Å². The van der Waals surface area contributed by atoms with Crippen LogP contribution in [0.2, 0.25) is 10.0 Å². The van der Waals surface area contributed by atoms with E-state index in [4.69, 9.17) is 48.0 Å². The van der Waals surface area contributed by atoms with E-state index in [1.807, 2.05) is 12.1 Å². The highest BCUT2D eigenvalue weighted by Crippen LogP contribution is 2.48. The largest absolute Gasteiger partial charge is 0.478 e. The summed E-state index contributed by atoms with van der Waals surface area (Å²) in [6, 6.07) is 14.0.